The van der Waals surface area contributed by atoms with Gasteiger partial charge in [-0.2, -0.15) is 0 Å². The molecule has 1 atom stereocenters. The molecule has 1 unspecified atom stereocenters. The maximum atomic E-state index is 11.4. The number of carbonyl (C=O) groups is 1. The first kappa shape index (κ1) is 13.5. The Balaban J connectivity index is 2.27. The minimum absolute atomic E-state index is 0.0390. The van der Waals surface area contributed by atoms with Crippen LogP contribution in [0.25, 0.3) is 0 Å². The van der Waals surface area contributed by atoms with Gasteiger partial charge in [-0.25, -0.2) is 0 Å². The first-order valence-corrected chi connectivity index (χ1v) is 6.21. The maximum Gasteiger partial charge on any atom is 0.306 e. The third-order valence-corrected chi connectivity index (χ3v) is 2.68. The van der Waals surface area contributed by atoms with Gasteiger partial charge < -0.3 is 9.47 Å². The number of rotatable bonds is 3. The first-order valence-electron chi connectivity index (χ1n) is 6.21. The Labute approximate surface area is 98.5 Å². The molecule has 0 spiro atoms. The van der Waals surface area contributed by atoms with Gasteiger partial charge in [-0.15, -0.1) is 0 Å². The van der Waals surface area contributed by atoms with E-state index < -0.39 is 0 Å². The van der Waals surface area contributed by atoms with Gasteiger partial charge in [0.2, 0.25) is 0 Å². The van der Waals surface area contributed by atoms with E-state index in [4.69, 9.17) is 9.47 Å². The molecule has 0 aliphatic carbocycles. The quantitative estimate of drug-likeness (QED) is 0.694. The van der Waals surface area contributed by atoms with E-state index in [0.29, 0.717) is 19.4 Å². The molecule has 0 amide bonds. The van der Waals surface area contributed by atoms with Crippen molar-refractivity contribution < 1.29 is 14.3 Å². The molecule has 3 heteroatoms. The van der Waals surface area contributed by atoms with Gasteiger partial charge in [-0.05, 0) is 32.1 Å². The molecule has 1 heterocycles. The highest BCUT2D eigenvalue weighted by Gasteiger charge is 2.14. The Morgan fingerprint density at radius 2 is 2.31 bits per heavy atom. The summed E-state index contributed by atoms with van der Waals surface area (Å²) in [5, 5.41) is 0. The van der Waals surface area contributed by atoms with Gasteiger partial charge in [0.1, 0.15) is 6.10 Å². The highest BCUT2D eigenvalue weighted by molar-refractivity contribution is 5.69. The van der Waals surface area contributed by atoms with Crippen LogP contribution in [0, 0.1) is 13.3 Å². The average Bonchev–Trinajstić information content (AvgIpc) is 2.27. The maximum absolute atomic E-state index is 11.4. The molecule has 1 aliphatic heterocycles. The topological polar surface area (TPSA) is 35.5 Å². The molecule has 1 rings (SSSR count). The fourth-order valence-electron chi connectivity index (χ4n) is 1.78. The molecule has 0 aromatic rings. The first-order chi connectivity index (χ1) is 7.83. The molecule has 3 nitrogen and oxygen atoms in total. The lowest BCUT2D eigenvalue weighted by Crippen LogP contribution is -2.21. The van der Waals surface area contributed by atoms with Crippen molar-refractivity contribution in [3.8, 4) is 0 Å². The number of hydrogen-bond acceptors (Lipinski definition) is 3. The molecule has 0 aromatic heterocycles. The van der Waals surface area contributed by atoms with Gasteiger partial charge in [-0.3, -0.25) is 4.79 Å². The van der Waals surface area contributed by atoms with Gasteiger partial charge in [0, 0.05) is 19.4 Å². The second kappa shape index (κ2) is 8.57. The largest absolute Gasteiger partial charge is 0.462 e. The number of hydrogen-bond donors (Lipinski definition) is 0. The minimum atomic E-state index is -0.122. The highest BCUT2D eigenvalue weighted by Crippen LogP contribution is 2.14. The third-order valence-electron chi connectivity index (χ3n) is 2.68. The van der Waals surface area contributed by atoms with E-state index in [2.05, 4.69) is 13.3 Å². The van der Waals surface area contributed by atoms with E-state index in [1.54, 1.807) is 0 Å². The lowest BCUT2D eigenvalue weighted by molar-refractivity contribution is -0.150. The average molecular weight is 226 g/mol. The van der Waals surface area contributed by atoms with Crippen LogP contribution in [0.15, 0.2) is 0 Å². The summed E-state index contributed by atoms with van der Waals surface area (Å²) < 4.78 is 10.8. The summed E-state index contributed by atoms with van der Waals surface area (Å²) in [6.07, 6.45) is 8.40. The zero-order valence-electron chi connectivity index (χ0n) is 9.95. The van der Waals surface area contributed by atoms with E-state index in [9.17, 15) is 4.79 Å². The Hall–Kier alpha value is -0.570. The van der Waals surface area contributed by atoms with Crippen molar-refractivity contribution in [2.45, 2.75) is 51.0 Å². The summed E-state index contributed by atoms with van der Waals surface area (Å²) >= 11 is 0. The molecular formula is C13H22O3. The zero-order valence-corrected chi connectivity index (χ0v) is 9.95. The van der Waals surface area contributed by atoms with E-state index in [1.807, 2.05) is 0 Å². The molecule has 1 saturated heterocycles. The summed E-state index contributed by atoms with van der Waals surface area (Å²) in [4.78, 5) is 11.4. The van der Waals surface area contributed by atoms with Crippen LogP contribution in [0.3, 0.4) is 0 Å². The predicted molar refractivity (Wildman–Crippen MR) is 62.7 cm³/mol. The van der Waals surface area contributed by atoms with Crippen LogP contribution in [0.2, 0.25) is 0 Å². The van der Waals surface area contributed by atoms with E-state index >= 15 is 0 Å². The molecule has 92 valence electrons. The van der Waals surface area contributed by atoms with Crippen LogP contribution in [-0.2, 0) is 14.3 Å². The fourth-order valence-corrected chi connectivity index (χ4v) is 1.78. The Morgan fingerprint density at radius 1 is 1.44 bits per heavy atom. The molecule has 0 aromatic carbocycles. The van der Waals surface area contributed by atoms with Crippen LogP contribution in [0.4, 0.5) is 0 Å². The second-order valence-electron chi connectivity index (χ2n) is 4.15. The van der Waals surface area contributed by atoms with Crippen molar-refractivity contribution in [2.75, 3.05) is 13.2 Å². The summed E-state index contributed by atoms with van der Waals surface area (Å²) in [5.74, 6) is -0.122. The van der Waals surface area contributed by atoms with Crippen molar-refractivity contribution in [2.24, 2.45) is 0 Å². The molecule has 0 N–H and O–H groups in total. The Bertz CT molecular complexity index is 182. The van der Waals surface area contributed by atoms with Crippen molar-refractivity contribution in [1.82, 2.24) is 0 Å². The van der Waals surface area contributed by atoms with Crippen LogP contribution in [0.5, 0.6) is 0 Å². The van der Waals surface area contributed by atoms with Crippen molar-refractivity contribution in [3.63, 3.8) is 0 Å². The monoisotopic (exact) mass is 226 g/mol. The predicted octanol–water partition coefficient (Wildman–Crippen LogP) is 2.70. The van der Waals surface area contributed by atoms with Crippen LogP contribution in [-0.4, -0.2) is 25.3 Å². The summed E-state index contributed by atoms with van der Waals surface area (Å²) in [5.41, 5.74) is 0. The SMILES string of the molecule is [CH2]CCC(=O)OC1CCCC[CH]COCC1. The molecule has 1 fully saturated rings. The van der Waals surface area contributed by atoms with Crippen molar-refractivity contribution in [3.05, 3.63) is 13.3 Å². The normalized spacial score (nSPS) is 23.7. The molecular weight excluding hydrogens is 204 g/mol. The lowest BCUT2D eigenvalue weighted by atomic mass is 10.1. The molecule has 0 bridgehead atoms. The summed E-state index contributed by atoms with van der Waals surface area (Å²) in [7, 11) is 0. The lowest BCUT2D eigenvalue weighted by Gasteiger charge is -2.19. The van der Waals surface area contributed by atoms with Gasteiger partial charge >= 0.3 is 5.97 Å². The van der Waals surface area contributed by atoms with Crippen molar-refractivity contribution >= 4 is 5.97 Å². The number of carbonyl (C=O) groups excluding carboxylic acids is 1. The van der Waals surface area contributed by atoms with E-state index in [0.717, 1.165) is 38.7 Å². The summed E-state index contributed by atoms with van der Waals surface area (Å²) in [6.45, 7) is 5.05. The number of ether oxygens (including phenoxy) is 2. The Kier molecular flexibility index (Phi) is 7.23. The van der Waals surface area contributed by atoms with E-state index in [-0.39, 0.29) is 12.1 Å². The third kappa shape index (κ3) is 6.11. The van der Waals surface area contributed by atoms with Crippen LogP contribution >= 0.6 is 0 Å². The van der Waals surface area contributed by atoms with Gasteiger partial charge in [0.25, 0.3) is 0 Å². The molecule has 0 saturated carbocycles. The molecule has 16 heavy (non-hydrogen) atoms. The molecule has 2 radical (unpaired) electrons. The highest BCUT2D eigenvalue weighted by atomic mass is 16.5. The van der Waals surface area contributed by atoms with Crippen LogP contribution in [0.1, 0.15) is 44.9 Å². The second-order valence-corrected chi connectivity index (χ2v) is 4.15. The standard InChI is InChI=1S/C13H22O3/c1-2-7-13(14)16-12-8-5-3-4-6-10-15-11-9-12/h6,12H,1-5,7-11H2. The smallest absolute Gasteiger partial charge is 0.306 e. The van der Waals surface area contributed by atoms with Crippen LogP contribution < -0.4 is 0 Å². The van der Waals surface area contributed by atoms with Gasteiger partial charge in [0.15, 0.2) is 0 Å². The fraction of sp³-hybridized carbons (Fsp3) is 0.769. The van der Waals surface area contributed by atoms with Gasteiger partial charge in [0.05, 0.1) is 6.61 Å². The number of esters is 1. The van der Waals surface area contributed by atoms with E-state index in [1.165, 1.54) is 0 Å². The van der Waals surface area contributed by atoms with Gasteiger partial charge in [-0.1, -0.05) is 13.3 Å². The zero-order chi connectivity index (χ0) is 11.6. The Morgan fingerprint density at radius 3 is 3.12 bits per heavy atom. The molecule has 1 aliphatic rings. The summed E-state index contributed by atoms with van der Waals surface area (Å²) in [6, 6.07) is 0. The minimum Gasteiger partial charge on any atom is -0.462 e. The van der Waals surface area contributed by atoms with Crippen molar-refractivity contribution in [1.29, 1.82) is 0 Å².